The summed E-state index contributed by atoms with van der Waals surface area (Å²) in [7, 11) is 1.06. The van der Waals surface area contributed by atoms with Gasteiger partial charge in [0.15, 0.2) is 33.8 Å². The van der Waals surface area contributed by atoms with Crippen LogP contribution in [0.2, 0.25) is 0 Å². The van der Waals surface area contributed by atoms with Crippen molar-refractivity contribution >= 4 is 193 Å². The summed E-state index contributed by atoms with van der Waals surface area (Å²) in [6.07, 6.45) is -19.5. The van der Waals surface area contributed by atoms with Crippen LogP contribution >= 0.6 is 59.4 Å². The number of fused-ring (bicyclic) bond motifs is 3. The number of ether oxygens (including phenoxy) is 7. The van der Waals surface area contributed by atoms with Crippen molar-refractivity contribution in [1.29, 1.82) is 0 Å². The number of hydrogen-bond donors (Lipinski definition) is 13. The number of aromatic amines is 4. The average molecular weight is 2330 g/mol. The molecular formula is C72H93N25O36P7S7-3. The van der Waals surface area contributed by atoms with Crippen LogP contribution in [0.25, 0.3) is 33.5 Å². The van der Waals surface area contributed by atoms with E-state index in [0.29, 0.717) is 12.0 Å². The molecule has 0 aromatic carbocycles. The fourth-order valence-electron chi connectivity index (χ4n) is 17.1. The Labute approximate surface area is 860 Å². The fraction of sp³-hybridized carbons (Fsp3) is 0.569. The normalized spacial score (nSPS) is 29.4. The van der Waals surface area contributed by atoms with E-state index in [-0.39, 0.29) is 105 Å². The van der Waals surface area contributed by atoms with Gasteiger partial charge in [-0.15, -0.1) is 0 Å². The maximum absolute atomic E-state index is 15.0. The lowest BCUT2D eigenvalue weighted by Gasteiger charge is -2.35. The number of rotatable bonds is 41. The highest BCUT2D eigenvalue weighted by atomic mass is 32.7. The molecule has 0 spiro atoms. The maximum Gasteiger partial charge on any atom is 0.386 e. The lowest BCUT2D eigenvalue weighted by Crippen LogP contribution is -2.34. The molecule has 75 heteroatoms. The van der Waals surface area contributed by atoms with E-state index < -0.39 is 280 Å². The van der Waals surface area contributed by atoms with Gasteiger partial charge in [-0.25, -0.2) is 48.7 Å². The summed E-state index contributed by atoms with van der Waals surface area (Å²) in [6, 6.07) is 0. The lowest BCUT2D eigenvalue weighted by molar-refractivity contribution is -0.219. The first-order valence-electron chi connectivity index (χ1n) is 44.0. The molecule has 7 saturated heterocycles. The van der Waals surface area contributed by atoms with Crippen molar-refractivity contribution in [2.75, 3.05) is 75.4 Å². The molecule has 28 atom stereocenters. The van der Waals surface area contributed by atoms with Gasteiger partial charge in [0.1, 0.15) is 130 Å². The smallest absolute Gasteiger partial charge is 0.386 e. The van der Waals surface area contributed by atoms with Crippen LogP contribution in [0.3, 0.4) is 0 Å². The van der Waals surface area contributed by atoms with Gasteiger partial charge in [0.2, 0.25) is 11.9 Å². The van der Waals surface area contributed by atoms with E-state index in [1.807, 2.05) is 0 Å². The number of aromatic nitrogens is 20. The Morgan fingerprint density at radius 2 is 0.687 bits per heavy atom. The van der Waals surface area contributed by atoms with Crippen molar-refractivity contribution in [2.24, 2.45) is 0 Å². The van der Waals surface area contributed by atoms with E-state index >= 15 is 4.89 Å². The fourth-order valence-corrected chi connectivity index (χ4v) is 26.9. The zero-order valence-corrected chi connectivity index (χ0v) is 89.1. The summed E-state index contributed by atoms with van der Waals surface area (Å²) in [4.78, 5) is 230. The molecular weight excluding hydrogens is 2230 g/mol. The summed E-state index contributed by atoms with van der Waals surface area (Å²) in [5, 5.41) is 0. The van der Waals surface area contributed by atoms with Gasteiger partial charge in [-0.2, -0.15) is 19.9 Å². The molecule has 14 unspecified atom stereocenters. The number of H-pyrrole nitrogens is 4. The Hall–Kier alpha value is -7.23. The maximum atomic E-state index is 15.0. The minimum Gasteiger partial charge on any atom is -0.780 e. The topological polar surface area (TPSA) is 821 Å². The Kier molecular flexibility index (Phi) is 33.4. The zero-order chi connectivity index (χ0) is 106. The molecule has 7 aliphatic heterocycles. The average Bonchev–Trinajstić information content (AvgIpc) is 1.84. The van der Waals surface area contributed by atoms with Gasteiger partial charge >= 0.3 is 49.7 Å². The molecule has 10 aromatic heterocycles. The first-order valence-corrected chi connectivity index (χ1v) is 62.1. The van der Waals surface area contributed by atoms with E-state index in [4.69, 9.17) is 196 Å². The van der Waals surface area contributed by atoms with Gasteiger partial charge in [0, 0.05) is 99.1 Å². The Morgan fingerprint density at radius 3 is 1.06 bits per heavy atom. The first-order chi connectivity index (χ1) is 69.2. The Bertz CT molecular complexity index is 7590. The van der Waals surface area contributed by atoms with Crippen molar-refractivity contribution in [2.45, 2.75) is 215 Å². The quantitative estimate of drug-likeness (QED) is 0.0164. The third-order valence-electron chi connectivity index (χ3n) is 24.3. The van der Waals surface area contributed by atoms with Crippen molar-refractivity contribution in [3.05, 3.63) is 156 Å². The van der Waals surface area contributed by atoms with E-state index in [1.165, 1.54) is 83.5 Å². The number of imidazole rings is 3. The number of nitrogens with zero attached hydrogens (tertiary/aromatic N) is 16. The number of anilines is 5. The van der Waals surface area contributed by atoms with E-state index in [2.05, 4.69) is 77.0 Å². The van der Waals surface area contributed by atoms with Gasteiger partial charge in [-0.1, -0.05) is 54.6 Å². The molecule has 7 fully saturated rings. The molecule has 61 nitrogen and oxygen atoms in total. The van der Waals surface area contributed by atoms with Crippen LogP contribution in [-0.2, 0) is 172 Å². The summed E-state index contributed by atoms with van der Waals surface area (Å²) in [6.45, 7) is -29.8. The van der Waals surface area contributed by atoms with Crippen LogP contribution in [0.15, 0.2) is 88.5 Å². The van der Waals surface area contributed by atoms with Gasteiger partial charge in [0.05, 0.1) is 101 Å². The molecule has 7 aliphatic rings. The standard InChI is InChI=1S/C72H96N25O36P7S7/c1-7-33-34(8-47(120-33)93-17-31(4)63(98)89-71(93)104)128-135(107,142)114-24-46-40(14-53(126-46)97-28-82-56-62(97)86-68(77)88-66(56)101)133-140(112,147)118-22-44-38(11-50(123-44)94-18-32(5)64(99)90-72(94)105)131-137(109,144)117-21-42-36(9-48(121-42)91-15-29(2)57(73)83-69(91)102)129-136(108,143)116-20-43-37(10-49(122-43)92-16-30(3)58(74)84-70(92)103)130-138(110,145)119-23-45-39(13-51(124-45)95-26-80-54-59(75)78-25-79-60(54)95)132-139(111,146)115-19-41-35(127-134(106,141)113-6)12-52(125-41)96-27-81-55-61(96)85-67(76)87-65(55)100/h15-18,25-28,33-53H,7-14,19-24H2,1-6H3,(H,106,141)(H,107,142)(H,108,143)(H,109,144)(H,110,145)(H,111,146)(H,112,147)(H2,73,83,102)(H2,74,84,103)(H2,75,78,79)(H,89,98,104)(H,90,99,105)(H3,76,85,87,100)(H3,77,86,88,101)/p-3/t33-,34?,35?,36?,37?,38?,39?,40?,41-,42-,43-,44-,45-,46-,47-,48-,49-,50-,51-,52-,53-,134?,135?,136?,137?,138?,139?,140?/m1/s1. The molecule has 0 radical (unpaired) electrons. The van der Waals surface area contributed by atoms with E-state index in [0.717, 1.165) is 33.3 Å². The molecule has 17 N–H and O–H groups in total. The molecule has 17 heterocycles. The molecule has 0 amide bonds. The number of nitrogens with two attached hydrogens (primary N) is 5. The summed E-state index contributed by atoms with van der Waals surface area (Å²) < 4.78 is 150. The minimum atomic E-state index is -5.03. The van der Waals surface area contributed by atoms with Gasteiger partial charge < -0.3 is 145 Å². The van der Waals surface area contributed by atoms with Crippen LogP contribution in [0.5, 0.6) is 0 Å². The number of thiol groups is 1. The molecule has 147 heavy (non-hydrogen) atoms. The highest BCUT2D eigenvalue weighted by molar-refractivity contribution is 8.44. The van der Waals surface area contributed by atoms with Gasteiger partial charge in [-0.3, -0.25) is 80.1 Å². The van der Waals surface area contributed by atoms with Crippen LogP contribution in [0, 0.1) is 27.7 Å². The zero-order valence-electron chi connectivity index (χ0n) is 77.0. The van der Waals surface area contributed by atoms with Gasteiger partial charge in [-0.05, 0) is 69.5 Å². The predicted molar refractivity (Wildman–Crippen MR) is 528 cm³/mol. The van der Waals surface area contributed by atoms with Crippen LogP contribution in [0.1, 0.15) is 124 Å². The van der Waals surface area contributed by atoms with E-state index in [9.17, 15) is 67.4 Å². The lowest BCUT2D eigenvalue weighted by atomic mass is 10.1. The summed E-state index contributed by atoms with van der Waals surface area (Å²) >= 11 is 37.3. The predicted octanol–water partition coefficient (Wildman–Crippen LogP) is -0.841. The monoisotopic (exact) mass is 2320 g/mol. The summed E-state index contributed by atoms with van der Waals surface area (Å²) in [5.41, 5.74) is 24.4. The molecule has 10 aromatic rings. The summed E-state index contributed by atoms with van der Waals surface area (Å²) in [5.74, 6) is -0.858. The molecule has 0 aliphatic carbocycles. The Morgan fingerprint density at radius 1 is 0.381 bits per heavy atom. The van der Waals surface area contributed by atoms with Crippen LogP contribution in [-0.4, -0.2) is 244 Å². The molecule has 17 rings (SSSR count). The second-order valence-electron chi connectivity index (χ2n) is 34.2. The SMILES string of the molecule is CC[C@H]1O[C@@H](n2cc(C)c(=O)[nH]c2=O)CC1OP(O)(=S)OC[C@H]1O[C@@H](n2cnc3c(=O)[nH]c(N)nc32)CC1OP(=O)(S)OC[C@H]1O[C@@H](n2cc(C)c(=O)[nH]c2=O)CC1OP(O)(=S)OC[C@H]1O[C@@H](n2cc(C)c(N)nc2=O)CC1OP([O-])(=S)OC[C@H]1O[C@@H](n2cc(C)c(N)nc2=O)CC1OP([O-])(=S)OC[C@H]1O[C@@H](n2cnc3c(N)ncnc32)CC1OP(O)(=S)OC[C@H]1O[C@@H](n2cnc3c(=O)[nH]c(N)nc32)CC1OP([O-])(=S)OC. The van der Waals surface area contributed by atoms with Crippen molar-refractivity contribution in [3.8, 4) is 0 Å². The number of aryl methyl sites for hydroxylation is 4. The minimum absolute atomic E-state index is 0.000578. The van der Waals surface area contributed by atoms with Crippen molar-refractivity contribution in [3.63, 3.8) is 0 Å². The Balaban J connectivity index is 0.580. The molecule has 802 valence electrons. The van der Waals surface area contributed by atoms with Crippen molar-refractivity contribution in [1.82, 2.24) is 96.8 Å². The third-order valence-corrected chi connectivity index (χ3v) is 35.5. The number of nitrogens with one attached hydrogen (secondary N) is 4. The highest BCUT2D eigenvalue weighted by Gasteiger charge is 2.51. The van der Waals surface area contributed by atoms with E-state index in [1.54, 1.807) is 6.92 Å². The molecule has 0 saturated carbocycles. The highest BCUT2D eigenvalue weighted by Crippen LogP contribution is 2.60. The second-order valence-corrected chi connectivity index (χ2v) is 53.7. The largest absolute Gasteiger partial charge is 0.780 e. The molecule has 0 bridgehead atoms. The van der Waals surface area contributed by atoms with Crippen LogP contribution < -0.4 is 88.3 Å². The number of hydrogen-bond acceptors (Lipinski definition) is 53. The van der Waals surface area contributed by atoms with Gasteiger partial charge in [0.25, 0.3) is 22.2 Å². The van der Waals surface area contributed by atoms with Crippen molar-refractivity contribution < 1.29 is 130 Å². The van der Waals surface area contributed by atoms with Crippen LogP contribution in [0.4, 0.5) is 29.4 Å². The first kappa shape index (κ1) is 111. The number of nitrogen functional groups attached to an aromatic ring is 5. The second kappa shape index (κ2) is 44.3. The third kappa shape index (κ3) is 25.7.